The quantitative estimate of drug-likeness (QED) is 0.810. The average Bonchev–Trinajstić information content (AvgIpc) is 2.68. The first-order valence-electron chi connectivity index (χ1n) is 8.89. The molecule has 1 aliphatic carbocycles. The molecule has 0 fully saturated rings. The van der Waals surface area contributed by atoms with Crippen molar-refractivity contribution in [3.05, 3.63) is 70.8 Å². The third-order valence-electron chi connectivity index (χ3n) is 4.85. The van der Waals surface area contributed by atoms with Crippen molar-refractivity contribution in [2.75, 3.05) is 7.11 Å². The molecule has 1 unspecified atom stereocenters. The zero-order chi connectivity index (χ0) is 18.5. The number of amides is 1. The molecule has 3 rings (SSSR count). The van der Waals surface area contributed by atoms with Gasteiger partial charge < -0.3 is 15.8 Å². The number of esters is 1. The second-order valence-corrected chi connectivity index (χ2v) is 6.65. The van der Waals surface area contributed by atoms with Gasteiger partial charge in [0, 0.05) is 0 Å². The Morgan fingerprint density at radius 1 is 1.19 bits per heavy atom. The highest BCUT2D eigenvalue weighted by Gasteiger charge is 2.24. The lowest BCUT2D eigenvalue weighted by Gasteiger charge is -2.27. The first-order chi connectivity index (χ1) is 12.6. The second-order valence-electron chi connectivity index (χ2n) is 6.65. The molecule has 5 nitrogen and oxygen atoms in total. The molecule has 0 radical (unpaired) electrons. The van der Waals surface area contributed by atoms with Crippen LogP contribution in [0.3, 0.4) is 0 Å². The van der Waals surface area contributed by atoms with Gasteiger partial charge in [-0.25, -0.2) is 4.79 Å². The number of aryl methyl sites for hydroxylation is 1. The summed E-state index contributed by atoms with van der Waals surface area (Å²) in [6.45, 7) is 0. The lowest BCUT2D eigenvalue weighted by molar-refractivity contribution is -0.123. The Balaban J connectivity index is 1.61. The van der Waals surface area contributed by atoms with E-state index in [0.717, 1.165) is 24.8 Å². The number of carbonyl (C=O) groups is 2. The van der Waals surface area contributed by atoms with Crippen LogP contribution in [0.4, 0.5) is 0 Å². The largest absolute Gasteiger partial charge is 0.465 e. The molecule has 136 valence electrons. The van der Waals surface area contributed by atoms with Gasteiger partial charge in [0.05, 0.1) is 24.8 Å². The average molecular weight is 352 g/mol. The number of methoxy groups -OCH3 is 1. The predicted molar refractivity (Wildman–Crippen MR) is 99.7 cm³/mol. The number of nitrogens with one attached hydrogen (secondary N) is 1. The van der Waals surface area contributed by atoms with Crippen molar-refractivity contribution in [2.24, 2.45) is 5.73 Å². The molecule has 0 spiro atoms. The Kier molecular flexibility index (Phi) is 5.68. The summed E-state index contributed by atoms with van der Waals surface area (Å²) in [6.07, 6.45) is 3.47. The highest BCUT2D eigenvalue weighted by molar-refractivity contribution is 5.89. The molecule has 0 bridgehead atoms. The number of hydrogen-bond acceptors (Lipinski definition) is 4. The van der Waals surface area contributed by atoms with E-state index in [9.17, 15) is 9.59 Å². The van der Waals surface area contributed by atoms with E-state index in [1.165, 1.54) is 18.2 Å². The van der Waals surface area contributed by atoms with E-state index in [0.29, 0.717) is 12.0 Å². The highest BCUT2D eigenvalue weighted by atomic mass is 16.5. The maximum absolute atomic E-state index is 12.5. The molecule has 2 aromatic rings. The Morgan fingerprint density at radius 2 is 1.92 bits per heavy atom. The lowest BCUT2D eigenvalue weighted by Crippen LogP contribution is -2.44. The van der Waals surface area contributed by atoms with Crippen LogP contribution < -0.4 is 11.1 Å². The molecule has 0 aromatic heterocycles. The first-order valence-corrected chi connectivity index (χ1v) is 8.89. The fourth-order valence-electron chi connectivity index (χ4n) is 3.42. The molecule has 0 saturated carbocycles. The SMILES string of the molecule is COC(=O)c1ccc(CC(N)C(=O)N[C@@H]2CCCc3ccccc32)cc1. The molecule has 1 aliphatic rings. The first kappa shape index (κ1) is 18.1. The van der Waals surface area contributed by atoms with Crippen LogP contribution in [0.25, 0.3) is 0 Å². The summed E-state index contributed by atoms with van der Waals surface area (Å²) < 4.78 is 4.68. The number of ether oxygens (including phenoxy) is 1. The molecule has 26 heavy (non-hydrogen) atoms. The van der Waals surface area contributed by atoms with Crippen LogP contribution in [0.15, 0.2) is 48.5 Å². The summed E-state index contributed by atoms with van der Waals surface area (Å²) in [4.78, 5) is 24.0. The van der Waals surface area contributed by atoms with Gasteiger partial charge in [-0.1, -0.05) is 36.4 Å². The molecule has 0 heterocycles. The van der Waals surface area contributed by atoms with Gasteiger partial charge in [0.2, 0.25) is 5.91 Å². The van der Waals surface area contributed by atoms with Gasteiger partial charge in [-0.05, 0) is 54.5 Å². The summed E-state index contributed by atoms with van der Waals surface area (Å²) >= 11 is 0. The molecule has 2 aromatic carbocycles. The van der Waals surface area contributed by atoms with Crippen molar-refractivity contribution in [1.82, 2.24) is 5.32 Å². The van der Waals surface area contributed by atoms with Crippen LogP contribution in [0, 0.1) is 0 Å². The van der Waals surface area contributed by atoms with Gasteiger partial charge in [0.1, 0.15) is 0 Å². The molecule has 0 saturated heterocycles. The zero-order valence-electron chi connectivity index (χ0n) is 14.9. The number of rotatable bonds is 5. The van der Waals surface area contributed by atoms with Crippen LogP contribution in [0.1, 0.15) is 45.9 Å². The normalized spacial score (nSPS) is 17.1. The van der Waals surface area contributed by atoms with Crippen LogP contribution in [0.2, 0.25) is 0 Å². The van der Waals surface area contributed by atoms with E-state index in [1.807, 2.05) is 12.1 Å². The van der Waals surface area contributed by atoms with E-state index < -0.39 is 6.04 Å². The van der Waals surface area contributed by atoms with Crippen LogP contribution in [-0.2, 0) is 22.4 Å². The molecular formula is C21H24N2O3. The Hall–Kier alpha value is -2.66. The molecular weight excluding hydrogens is 328 g/mol. The van der Waals surface area contributed by atoms with Gasteiger partial charge in [0.15, 0.2) is 0 Å². The van der Waals surface area contributed by atoms with Gasteiger partial charge in [-0.3, -0.25) is 4.79 Å². The zero-order valence-corrected chi connectivity index (χ0v) is 14.9. The van der Waals surface area contributed by atoms with Crippen molar-refractivity contribution in [3.63, 3.8) is 0 Å². The Labute approximate surface area is 153 Å². The Bertz CT molecular complexity index is 786. The van der Waals surface area contributed by atoms with E-state index in [4.69, 9.17) is 5.73 Å². The smallest absolute Gasteiger partial charge is 0.337 e. The van der Waals surface area contributed by atoms with Crippen LogP contribution in [0.5, 0.6) is 0 Å². The van der Waals surface area contributed by atoms with E-state index in [2.05, 4.69) is 22.2 Å². The number of fused-ring (bicyclic) bond motifs is 1. The summed E-state index contributed by atoms with van der Waals surface area (Å²) in [5.74, 6) is -0.529. The van der Waals surface area contributed by atoms with Crippen molar-refractivity contribution >= 4 is 11.9 Å². The lowest BCUT2D eigenvalue weighted by atomic mass is 9.87. The van der Waals surface area contributed by atoms with Crippen molar-refractivity contribution in [1.29, 1.82) is 0 Å². The van der Waals surface area contributed by atoms with E-state index in [-0.39, 0.29) is 17.9 Å². The maximum atomic E-state index is 12.5. The third kappa shape index (κ3) is 4.11. The number of benzene rings is 2. The fraction of sp³-hybridized carbons (Fsp3) is 0.333. The van der Waals surface area contributed by atoms with Crippen LogP contribution >= 0.6 is 0 Å². The molecule has 1 amide bonds. The molecule has 3 N–H and O–H groups in total. The fourth-order valence-corrected chi connectivity index (χ4v) is 3.42. The van der Waals surface area contributed by atoms with Gasteiger partial charge >= 0.3 is 5.97 Å². The maximum Gasteiger partial charge on any atom is 0.337 e. The van der Waals surface area contributed by atoms with E-state index in [1.54, 1.807) is 24.3 Å². The van der Waals surface area contributed by atoms with Crippen molar-refractivity contribution in [3.8, 4) is 0 Å². The Morgan fingerprint density at radius 3 is 2.65 bits per heavy atom. The minimum Gasteiger partial charge on any atom is -0.465 e. The highest BCUT2D eigenvalue weighted by Crippen LogP contribution is 2.29. The molecule has 0 aliphatic heterocycles. The van der Waals surface area contributed by atoms with Gasteiger partial charge in [0.25, 0.3) is 0 Å². The monoisotopic (exact) mass is 352 g/mol. The van der Waals surface area contributed by atoms with Gasteiger partial charge in [-0.15, -0.1) is 0 Å². The number of carbonyl (C=O) groups excluding carboxylic acids is 2. The topological polar surface area (TPSA) is 81.4 Å². The predicted octanol–water partition coefficient (Wildman–Crippen LogP) is 2.54. The standard InChI is InChI=1S/C21H24N2O3/c1-26-21(25)16-11-9-14(10-12-16)13-18(22)20(24)23-19-8-4-6-15-5-2-3-7-17(15)19/h2-3,5,7,9-12,18-19H,4,6,8,13,22H2,1H3,(H,23,24)/t18?,19-/m1/s1. The summed E-state index contributed by atoms with van der Waals surface area (Å²) in [6, 6.07) is 14.6. The summed E-state index contributed by atoms with van der Waals surface area (Å²) in [5.41, 5.74) is 9.99. The molecule has 2 atom stereocenters. The van der Waals surface area contributed by atoms with E-state index >= 15 is 0 Å². The minimum absolute atomic E-state index is 0.0280. The second kappa shape index (κ2) is 8.15. The summed E-state index contributed by atoms with van der Waals surface area (Å²) in [7, 11) is 1.35. The van der Waals surface area contributed by atoms with Gasteiger partial charge in [-0.2, -0.15) is 0 Å². The van der Waals surface area contributed by atoms with Crippen molar-refractivity contribution in [2.45, 2.75) is 37.8 Å². The number of nitrogens with two attached hydrogens (primary N) is 1. The number of hydrogen-bond donors (Lipinski definition) is 2. The minimum atomic E-state index is -0.631. The third-order valence-corrected chi connectivity index (χ3v) is 4.85. The van der Waals surface area contributed by atoms with Crippen LogP contribution in [-0.4, -0.2) is 25.0 Å². The molecule has 5 heteroatoms. The summed E-state index contributed by atoms with van der Waals surface area (Å²) in [5, 5.41) is 3.10. The van der Waals surface area contributed by atoms with Crippen molar-refractivity contribution < 1.29 is 14.3 Å².